The zero-order chi connectivity index (χ0) is 17.9. The summed E-state index contributed by atoms with van der Waals surface area (Å²) in [6, 6.07) is 18.7. The van der Waals surface area contributed by atoms with Gasteiger partial charge >= 0.3 is 0 Å². The molecule has 3 atom stereocenters. The van der Waals surface area contributed by atoms with E-state index in [-0.39, 0.29) is 12.0 Å². The predicted molar refractivity (Wildman–Crippen MR) is 102 cm³/mol. The molecule has 2 aromatic carbocycles. The third kappa shape index (κ3) is 3.58. The Bertz CT molecular complexity index is 685. The number of hydrogen-bond donors (Lipinski definition) is 1. The fourth-order valence-corrected chi connectivity index (χ4v) is 4.39. The first-order valence-corrected chi connectivity index (χ1v) is 9.14. The molecule has 2 aromatic rings. The molecule has 25 heavy (non-hydrogen) atoms. The molecule has 0 amide bonds. The Morgan fingerprint density at radius 3 is 2.52 bits per heavy atom. The van der Waals surface area contributed by atoms with E-state index in [1.807, 2.05) is 30.3 Å². The van der Waals surface area contributed by atoms with Crippen molar-refractivity contribution >= 4 is 0 Å². The van der Waals surface area contributed by atoms with Crippen LogP contribution in [0.1, 0.15) is 42.9 Å². The average molecular weight is 339 g/mol. The van der Waals surface area contributed by atoms with Crippen LogP contribution in [0.2, 0.25) is 0 Å². The van der Waals surface area contributed by atoms with E-state index in [1.165, 1.54) is 5.56 Å². The summed E-state index contributed by atoms with van der Waals surface area (Å²) in [5, 5.41) is 11.8. The lowest BCUT2D eigenvalue weighted by Gasteiger charge is -2.46. The lowest BCUT2D eigenvalue weighted by atomic mass is 9.67. The van der Waals surface area contributed by atoms with Gasteiger partial charge in [-0.25, -0.2) is 0 Å². The number of ether oxygens (including phenoxy) is 1. The van der Waals surface area contributed by atoms with Gasteiger partial charge in [-0.05, 0) is 50.2 Å². The summed E-state index contributed by atoms with van der Waals surface area (Å²) in [5.41, 5.74) is 1.40. The molecule has 0 aromatic heterocycles. The zero-order valence-corrected chi connectivity index (χ0v) is 15.5. The Labute approximate surface area is 151 Å². The molecule has 3 nitrogen and oxygen atoms in total. The van der Waals surface area contributed by atoms with Crippen molar-refractivity contribution in [3.8, 4) is 5.75 Å². The largest absolute Gasteiger partial charge is 0.497 e. The molecule has 3 heteroatoms. The normalized spacial score (nSPS) is 24.9. The molecule has 1 N–H and O–H groups in total. The van der Waals surface area contributed by atoms with Crippen molar-refractivity contribution in [3.63, 3.8) is 0 Å². The van der Waals surface area contributed by atoms with Crippen LogP contribution in [0, 0.1) is 5.92 Å². The lowest BCUT2D eigenvalue weighted by Crippen LogP contribution is -2.45. The molecule has 1 fully saturated rings. The minimum atomic E-state index is -0.836. The smallest absolute Gasteiger partial charge is 0.119 e. The quantitative estimate of drug-likeness (QED) is 0.878. The first kappa shape index (κ1) is 18.0. The average Bonchev–Trinajstić information content (AvgIpc) is 2.64. The Kier molecular flexibility index (Phi) is 5.45. The molecule has 1 saturated carbocycles. The Morgan fingerprint density at radius 2 is 1.84 bits per heavy atom. The van der Waals surface area contributed by atoms with Gasteiger partial charge in [-0.1, -0.05) is 55.3 Å². The molecular weight excluding hydrogens is 310 g/mol. The van der Waals surface area contributed by atoms with Crippen LogP contribution in [0.15, 0.2) is 54.6 Å². The number of rotatable bonds is 5. The minimum Gasteiger partial charge on any atom is -0.497 e. The number of aliphatic hydroxyl groups is 1. The van der Waals surface area contributed by atoms with Crippen molar-refractivity contribution in [2.24, 2.45) is 5.92 Å². The van der Waals surface area contributed by atoms with Gasteiger partial charge in [-0.15, -0.1) is 0 Å². The summed E-state index contributed by atoms with van der Waals surface area (Å²) >= 11 is 0. The fourth-order valence-electron chi connectivity index (χ4n) is 4.39. The van der Waals surface area contributed by atoms with Gasteiger partial charge in [0.1, 0.15) is 5.75 Å². The van der Waals surface area contributed by atoms with Crippen LogP contribution in [0.4, 0.5) is 0 Å². The molecule has 0 saturated heterocycles. The van der Waals surface area contributed by atoms with Crippen LogP contribution in [0.25, 0.3) is 0 Å². The molecule has 0 aliphatic heterocycles. The van der Waals surface area contributed by atoms with Gasteiger partial charge in [0.2, 0.25) is 0 Å². The second kappa shape index (κ2) is 7.59. The third-order valence-corrected chi connectivity index (χ3v) is 5.58. The SMILES string of the molecule is COc1cccc(C2(O)CCCCC2C(c2ccccc2)N(C)C)c1. The molecule has 0 bridgehead atoms. The van der Waals surface area contributed by atoms with Crippen LogP contribution in [0.3, 0.4) is 0 Å². The van der Waals surface area contributed by atoms with Crippen LogP contribution in [-0.2, 0) is 5.60 Å². The van der Waals surface area contributed by atoms with Gasteiger partial charge in [0.05, 0.1) is 12.7 Å². The van der Waals surface area contributed by atoms with Gasteiger partial charge in [0.15, 0.2) is 0 Å². The number of hydrogen-bond acceptors (Lipinski definition) is 3. The highest BCUT2D eigenvalue weighted by atomic mass is 16.5. The third-order valence-electron chi connectivity index (χ3n) is 5.58. The Morgan fingerprint density at radius 1 is 1.08 bits per heavy atom. The van der Waals surface area contributed by atoms with Crippen LogP contribution < -0.4 is 4.74 Å². The molecule has 1 aliphatic rings. The summed E-state index contributed by atoms with van der Waals surface area (Å²) in [5.74, 6) is 0.946. The Hall–Kier alpha value is -1.84. The molecule has 134 valence electrons. The molecule has 0 radical (unpaired) electrons. The maximum Gasteiger partial charge on any atom is 0.119 e. The number of benzene rings is 2. The monoisotopic (exact) mass is 339 g/mol. The summed E-state index contributed by atoms with van der Waals surface area (Å²) < 4.78 is 5.40. The highest BCUT2D eigenvalue weighted by molar-refractivity contribution is 5.34. The van der Waals surface area contributed by atoms with Crippen molar-refractivity contribution in [2.75, 3.05) is 21.2 Å². The molecule has 0 spiro atoms. The standard InChI is InChI=1S/C22H29NO2/c1-23(2)21(17-10-5-4-6-11-17)20-14-7-8-15-22(20,24)18-12-9-13-19(16-18)25-3/h4-6,9-13,16,20-21,24H,7-8,14-15H2,1-3H3. The van der Waals surface area contributed by atoms with Gasteiger partial charge < -0.3 is 14.7 Å². The van der Waals surface area contributed by atoms with Gasteiger partial charge in [-0.2, -0.15) is 0 Å². The maximum absolute atomic E-state index is 11.8. The second-order valence-electron chi connectivity index (χ2n) is 7.33. The van der Waals surface area contributed by atoms with Crippen LogP contribution in [-0.4, -0.2) is 31.2 Å². The summed E-state index contributed by atoms with van der Waals surface area (Å²) in [6.07, 6.45) is 4.03. The lowest BCUT2D eigenvalue weighted by molar-refractivity contribution is -0.0838. The number of nitrogens with zero attached hydrogens (tertiary/aromatic N) is 1. The van der Waals surface area contributed by atoms with Crippen molar-refractivity contribution < 1.29 is 9.84 Å². The first-order valence-electron chi connectivity index (χ1n) is 9.14. The summed E-state index contributed by atoms with van der Waals surface area (Å²) in [7, 11) is 5.89. The Balaban J connectivity index is 2.04. The molecule has 3 rings (SSSR count). The molecule has 1 aliphatic carbocycles. The molecule has 3 unspecified atom stereocenters. The fraction of sp³-hybridized carbons (Fsp3) is 0.455. The van der Waals surface area contributed by atoms with E-state index in [2.05, 4.69) is 43.3 Å². The maximum atomic E-state index is 11.8. The van der Waals surface area contributed by atoms with Crippen molar-refractivity contribution in [3.05, 3.63) is 65.7 Å². The number of methoxy groups -OCH3 is 1. The summed E-state index contributed by atoms with van der Waals surface area (Å²) in [6.45, 7) is 0. The van der Waals surface area contributed by atoms with Crippen molar-refractivity contribution in [1.82, 2.24) is 4.90 Å². The van der Waals surface area contributed by atoms with Gasteiger partial charge in [-0.3, -0.25) is 0 Å². The van der Waals surface area contributed by atoms with Crippen molar-refractivity contribution in [1.29, 1.82) is 0 Å². The topological polar surface area (TPSA) is 32.7 Å². The first-order chi connectivity index (χ1) is 12.1. The predicted octanol–water partition coefficient (Wildman–Crippen LogP) is 4.38. The highest BCUT2D eigenvalue weighted by Crippen LogP contribution is 2.49. The summed E-state index contributed by atoms with van der Waals surface area (Å²) in [4.78, 5) is 2.25. The van der Waals surface area contributed by atoms with E-state index in [0.717, 1.165) is 37.0 Å². The van der Waals surface area contributed by atoms with E-state index in [9.17, 15) is 5.11 Å². The highest BCUT2D eigenvalue weighted by Gasteiger charge is 2.45. The zero-order valence-electron chi connectivity index (χ0n) is 15.5. The molecular formula is C22H29NO2. The van der Waals surface area contributed by atoms with E-state index < -0.39 is 5.60 Å². The van der Waals surface area contributed by atoms with Crippen LogP contribution >= 0.6 is 0 Å². The van der Waals surface area contributed by atoms with E-state index in [4.69, 9.17) is 4.74 Å². The van der Waals surface area contributed by atoms with E-state index in [0.29, 0.717) is 0 Å². The second-order valence-corrected chi connectivity index (χ2v) is 7.33. The van der Waals surface area contributed by atoms with Gasteiger partial charge in [0, 0.05) is 12.0 Å². The minimum absolute atomic E-state index is 0.144. The van der Waals surface area contributed by atoms with E-state index in [1.54, 1.807) is 7.11 Å². The van der Waals surface area contributed by atoms with Crippen LogP contribution in [0.5, 0.6) is 5.75 Å². The van der Waals surface area contributed by atoms with Crippen molar-refractivity contribution in [2.45, 2.75) is 37.3 Å². The molecule has 0 heterocycles. The van der Waals surface area contributed by atoms with Gasteiger partial charge in [0.25, 0.3) is 0 Å². The van der Waals surface area contributed by atoms with E-state index >= 15 is 0 Å².